The normalized spacial score (nSPS) is 14.9. The maximum Gasteiger partial charge on any atom is 0.257 e. The van der Waals surface area contributed by atoms with Crippen LogP contribution in [0.5, 0.6) is 0 Å². The van der Waals surface area contributed by atoms with E-state index < -0.39 is 0 Å². The number of amides is 1. The van der Waals surface area contributed by atoms with Gasteiger partial charge in [-0.25, -0.2) is 0 Å². The predicted octanol–water partition coefficient (Wildman–Crippen LogP) is 6.23. The molecular formula is C19H20Cl3N3O. The fourth-order valence-electron chi connectivity index (χ4n) is 3.14. The molecule has 1 fully saturated rings. The highest BCUT2D eigenvalue weighted by Gasteiger charge is 2.17. The van der Waals surface area contributed by atoms with Crippen LogP contribution in [0.4, 0.5) is 17.1 Å². The second-order valence-electron chi connectivity index (χ2n) is 6.48. The Hall–Kier alpha value is -1.62. The van der Waals surface area contributed by atoms with Gasteiger partial charge in [0.15, 0.2) is 0 Å². The van der Waals surface area contributed by atoms with Crippen molar-refractivity contribution in [2.24, 2.45) is 0 Å². The molecule has 0 bridgehead atoms. The van der Waals surface area contributed by atoms with E-state index in [-0.39, 0.29) is 11.5 Å². The molecule has 0 atom stereocenters. The Balaban J connectivity index is 1.81. The van der Waals surface area contributed by atoms with Crippen LogP contribution in [0.3, 0.4) is 0 Å². The Kier molecular flexibility index (Phi) is 6.17. The SMILES string of the molecule is Nc1cc(Cl)c(NC(=O)c2cc(Cl)ccc2Cl)cc1NC1CCCCC1. The average Bonchev–Trinajstić information content (AvgIpc) is 2.62. The maximum absolute atomic E-state index is 12.6. The topological polar surface area (TPSA) is 67.1 Å². The van der Waals surface area contributed by atoms with Crippen molar-refractivity contribution in [2.45, 2.75) is 38.1 Å². The zero-order valence-electron chi connectivity index (χ0n) is 14.1. The van der Waals surface area contributed by atoms with Crippen LogP contribution in [0.2, 0.25) is 15.1 Å². The Morgan fingerprint density at radius 2 is 1.69 bits per heavy atom. The lowest BCUT2D eigenvalue weighted by molar-refractivity contribution is 0.102. The zero-order chi connectivity index (χ0) is 18.7. The van der Waals surface area contributed by atoms with E-state index in [0.717, 1.165) is 18.5 Å². The lowest BCUT2D eigenvalue weighted by Crippen LogP contribution is -2.23. The number of rotatable bonds is 4. The van der Waals surface area contributed by atoms with E-state index in [4.69, 9.17) is 40.5 Å². The van der Waals surface area contributed by atoms with Crippen molar-refractivity contribution < 1.29 is 4.79 Å². The van der Waals surface area contributed by atoms with E-state index in [2.05, 4.69) is 10.6 Å². The standard InChI is InChI=1S/C19H20Cl3N3O/c20-11-6-7-14(21)13(8-11)19(26)25-17-10-18(16(23)9-15(17)22)24-12-4-2-1-3-5-12/h6-10,12,24H,1-5,23H2,(H,25,26). The van der Waals surface area contributed by atoms with E-state index in [1.807, 2.05) is 0 Å². The molecule has 0 heterocycles. The molecule has 0 unspecified atom stereocenters. The van der Waals surface area contributed by atoms with Crippen LogP contribution < -0.4 is 16.4 Å². The number of nitrogen functional groups attached to an aromatic ring is 1. The molecule has 2 aromatic rings. The Morgan fingerprint density at radius 3 is 2.42 bits per heavy atom. The number of anilines is 3. The first-order valence-corrected chi connectivity index (χ1v) is 9.69. The molecule has 2 aromatic carbocycles. The van der Waals surface area contributed by atoms with Crippen LogP contribution >= 0.6 is 34.8 Å². The molecule has 0 saturated heterocycles. The second kappa shape index (κ2) is 8.38. The van der Waals surface area contributed by atoms with Gasteiger partial charge in [-0.15, -0.1) is 0 Å². The molecule has 0 radical (unpaired) electrons. The van der Waals surface area contributed by atoms with Crippen LogP contribution in [-0.4, -0.2) is 11.9 Å². The number of halogens is 3. The van der Waals surface area contributed by atoms with Gasteiger partial charge in [-0.2, -0.15) is 0 Å². The fourth-order valence-corrected chi connectivity index (χ4v) is 3.73. The molecule has 4 nitrogen and oxygen atoms in total. The molecule has 1 aliphatic rings. The quantitative estimate of drug-likeness (QED) is 0.522. The van der Waals surface area contributed by atoms with Gasteiger partial charge in [-0.3, -0.25) is 4.79 Å². The molecule has 1 amide bonds. The molecule has 0 aliphatic heterocycles. The first-order chi connectivity index (χ1) is 12.4. The van der Waals surface area contributed by atoms with Gasteiger partial charge in [0.1, 0.15) is 0 Å². The number of hydrogen-bond acceptors (Lipinski definition) is 3. The second-order valence-corrected chi connectivity index (χ2v) is 7.73. The highest BCUT2D eigenvalue weighted by Crippen LogP contribution is 2.34. The van der Waals surface area contributed by atoms with Gasteiger partial charge in [0, 0.05) is 11.1 Å². The summed E-state index contributed by atoms with van der Waals surface area (Å²) in [6.07, 6.45) is 5.92. The minimum absolute atomic E-state index is 0.286. The van der Waals surface area contributed by atoms with Gasteiger partial charge in [-0.1, -0.05) is 54.1 Å². The summed E-state index contributed by atoms with van der Waals surface area (Å²) in [6.45, 7) is 0. The summed E-state index contributed by atoms with van der Waals surface area (Å²) < 4.78 is 0. The summed E-state index contributed by atoms with van der Waals surface area (Å²) in [5, 5.41) is 7.37. The van der Waals surface area contributed by atoms with Crippen LogP contribution in [-0.2, 0) is 0 Å². The summed E-state index contributed by atoms with van der Waals surface area (Å²) in [7, 11) is 0. The summed E-state index contributed by atoms with van der Waals surface area (Å²) in [5.41, 5.74) is 8.18. The van der Waals surface area contributed by atoms with Gasteiger partial charge < -0.3 is 16.4 Å². The van der Waals surface area contributed by atoms with Gasteiger partial charge in [0.25, 0.3) is 5.91 Å². The molecular weight excluding hydrogens is 393 g/mol. The average molecular weight is 413 g/mol. The molecule has 138 valence electrons. The molecule has 3 rings (SSSR count). The number of nitrogens with two attached hydrogens (primary N) is 1. The largest absolute Gasteiger partial charge is 0.397 e. The van der Waals surface area contributed by atoms with Gasteiger partial charge in [0.05, 0.1) is 32.7 Å². The lowest BCUT2D eigenvalue weighted by Gasteiger charge is -2.25. The third-order valence-electron chi connectivity index (χ3n) is 4.53. The molecule has 1 saturated carbocycles. The van der Waals surface area contributed by atoms with E-state index in [0.29, 0.717) is 32.5 Å². The molecule has 7 heteroatoms. The van der Waals surface area contributed by atoms with Crippen molar-refractivity contribution in [3.63, 3.8) is 0 Å². The Morgan fingerprint density at radius 1 is 0.962 bits per heavy atom. The van der Waals surface area contributed by atoms with E-state index in [9.17, 15) is 4.79 Å². The molecule has 0 spiro atoms. The van der Waals surface area contributed by atoms with Crippen molar-refractivity contribution in [1.29, 1.82) is 0 Å². The highest BCUT2D eigenvalue weighted by molar-refractivity contribution is 6.37. The number of carbonyl (C=O) groups excluding carboxylic acids is 1. The number of carbonyl (C=O) groups is 1. The summed E-state index contributed by atoms with van der Waals surface area (Å²) in [5.74, 6) is -0.382. The maximum atomic E-state index is 12.6. The number of benzene rings is 2. The smallest absolute Gasteiger partial charge is 0.257 e. The van der Waals surface area contributed by atoms with E-state index >= 15 is 0 Å². The van der Waals surface area contributed by atoms with Crippen molar-refractivity contribution >= 4 is 57.8 Å². The summed E-state index contributed by atoms with van der Waals surface area (Å²) >= 11 is 18.3. The first kappa shape index (κ1) is 19.2. The third kappa shape index (κ3) is 4.56. The zero-order valence-corrected chi connectivity index (χ0v) is 16.4. The third-order valence-corrected chi connectivity index (χ3v) is 5.40. The van der Waals surface area contributed by atoms with Gasteiger partial charge in [0.2, 0.25) is 0 Å². The Bertz CT molecular complexity index is 820. The van der Waals surface area contributed by atoms with Crippen molar-refractivity contribution in [3.8, 4) is 0 Å². The van der Waals surface area contributed by atoms with Crippen molar-refractivity contribution in [1.82, 2.24) is 0 Å². The summed E-state index contributed by atoms with van der Waals surface area (Å²) in [4.78, 5) is 12.6. The molecule has 0 aromatic heterocycles. The predicted molar refractivity (Wildman–Crippen MR) is 111 cm³/mol. The summed E-state index contributed by atoms with van der Waals surface area (Å²) in [6, 6.07) is 8.52. The molecule has 26 heavy (non-hydrogen) atoms. The highest BCUT2D eigenvalue weighted by atomic mass is 35.5. The fraction of sp³-hybridized carbons (Fsp3) is 0.316. The lowest BCUT2D eigenvalue weighted by atomic mass is 9.95. The van der Waals surface area contributed by atoms with Crippen molar-refractivity contribution in [3.05, 3.63) is 51.0 Å². The minimum atomic E-state index is -0.382. The van der Waals surface area contributed by atoms with Crippen LogP contribution in [0.25, 0.3) is 0 Å². The monoisotopic (exact) mass is 411 g/mol. The Labute approximate surface area is 168 Å². The van der Waals surface area contributed by atoms with Crippen LogP contribution in [0.15, 0.2) is 30.3 Å². The number of hydrogen-bond donors (Lipinski definition) is 3. The van der Waals surface area contributed by atoms with E-state index in [1.165, 1.54) is 25.3 Å². The first-order valence-electron chi connectivity index (χ1n) is 8.56. The molecule has 4 N–H and O–H groups in total. The van der Waals surface area contributed by atoms with E-state index in [1.54, 1.807) is 24.3 Å². The van der Waals surface area contributed by atoms with Gasteiger partial charge in [-0.05, 0) is 43.2 Å². The number of nitrogens with one attached hydrogen (secondary N) is 2. The van der Waals surface area contributed by atoms with Crippen LogP contribution in [0.1, 0.15) is 42.5 Å². The van der Waals surface area contributed by atoms with Crippen LogP contribution in [0, 0.1) is 0 Å². The molecule has 1 aliphatic carbocycles. The van der Waals surface area contributed by atoms with Crippen molar-refractivity contribution in [2.75, 3.05) is 16.4 Å². The minimum Gasteiger partial charge on any atom is -0.397 e. The van der Waals surface area contributed by atoms with Gasteiger partial charge >= 0.3 is 0 Å².